The van der Waals surface area contributed by atoms with Crippen LogP contribution in [0, 0.1) is 0 Å². The summed E-state index contributed by atoms with van der Waals surface area (Å²) >= 11 is 6.75. The zero-order chi connectivity index (χ0) is 18.9. The van der Waals surface area contributed by atoms with E-state index in [0.717, 1.165) is 28.4 Å². The Morgan fingerprint density at radius 2 is 1.96 bits per heavy atom. The van der Waals surface area contributed by atoms with Crippen LogP contribution in [0.15, 0.2) is 41.7 Å². The van der Waals surface area contributed by atoms with Gasteiger partial charge in [-0.1, -0.05) is 23.4 Å². The zero-order valence-corrected chi connectivity index (χ0v) is 14.4. The number of carbonyl (C=O) groups is 1. The first kappa shape index (κ1) is 18.3. The van der Waals surface area contributed by atoms with E-state index in [0.29, 0.717) is 5.69 Å². The molecule has 0 aliphatic rings. The molecule has 136 valence electrons. The monoisotopic (exact) mass is 402 g/mol. The van der Waals surface area contributed by atoms with E-state index in [1.165, 1.54) is 24.3 Å². The first-order valence-electron chi connectivity index (χ1n) is 7.07. The van der Waals surface area contributed by atoms with Crippen LogP contribution in [-0.2, 0) is 11.0 Å². The fraction of sp³-hybridized carbons (Fsp3) is 0.133. The molecule has 26 heavy (non-hydrogen) atoms. The van der Waals surface area contributed by atoms with Crippen molar-refractivity contribution in [3.05, 3.63) is 47.1 Å². The SMILES string of the molecule is O=C(CSc1nnc2c(Cl)cc(C(F)(F)F)cn12)Nc1ccc(O)cc1. The summed E-state index contributed by atoms with van der Waals surface area (Å²) in [5, 5.41) is 19.2. The molecule has 6 nitrogen and oxygen atoms in total. The van der Waals surface area contributed by atoms with Crippen molar-refractivity contribution in [2.75, 3.05) is 11.1 Å². The Kier molecular flexibility index (Phi) is 4.97. The van der Waals surface area contributed by atoms with Crippen LogP contribution in [0.4, 0.5) is 18.9 Å². The molecule has 0 fully saturated rings. The number of carbonyl (C=O) groups excluding carboxylic acids is 1. The number of aromatic nitrogens is 3. The van der Waals surface area contributed by atoms with Crippen molar-refractivity contribution < 1.29 is 23.1 Å². The number of alkyl halides is 3. The molecular weight excluding hydrogens is 393 g/mol. The summed E-state index contributed by atoms with van der Waals surface area (Å²) in [6.45, 7) is 0. The van der Waals surface area contributed by atoms with Gasteiger partial charge >= 0.3 is 6.18 Å². The standard InChI is InChI=1S/C15H10ClF3N4O2S/c16-11-5-8(15(17,18)19)6-23-13(11)21-22-14(23)26-7-12(25)20-9-1-3-10(24)4-2-9/h1-6,24H,7H2,(H,20,25). The predicted octanol–water partition coefficient (Wildman–Crippen LogP) is 3.84. The van der Waals surface area contributed by atoms with Crippen LogP contribution in [0.2, 0.25) is 5.02 Å². The average molecular weight is 403 g/mol. The minimum Gasteiger partial charge on any atom is -0.508 e. The maximum absolute atomic E-state index is 12.9. The Morgan fingerprint density at radius 1 is 1.27 bits per heavy atom. The molecule has 3 rings (SSSR count). The molecule has 1 amide bonds. The van der Waals surface area contributed by atoms with Crippen molar-refractivity contribution in [3.8, 4) is 5.75 Å². The van der Waals surface area contributed by atoms with Gasteiger partial charge in [-0.05, 0) is 30.3 Å². The molecular formula is C15H10ClF3N4O2S. The average Bonchev–Trinajstić information content (AvgIpc) is 2.98. The molecule has 2 aromatic heterocycles. The second-order valence-electron chi connectivity index (χ2n) is 5.13. The Hall–Kier alpha value is -2.46. The summed E-state index contributed by atoms with van der Waals surface area (Å²) in [7, 11) is 0. The van der Waals surface area contributed by atoms with E-state index < -0.39 is 17.6 Å². The van der Waals surface area contributed by atoms with Gasteiger partial charge < -0.3 is 10.4 Å². The molecule has 11 heteroatoms. The van der Waals surface area contributed by atoms with Gasteiger partial charge in [0.2, 0.25) is 5.91 Å². The second kappa shape index (κ2) is 7.04. The van der Waals surface area contributed by atoms with Crippen molar-refractivity contribution >= 4 is 40.6 Å². The van der Waals surface area contributed by atoms with Crippen LogP contribution in [-0.4, -0.2) is 31.4 Å². The lowest BCUT2D eigenvalue weighted by atomic mass is 10.3. The summed E-state index contributed by atoms with van der Waals surface area (Å²) in [5.41, 5.74) is -0.395. The molecule has 0 aliphatic heterocycles. The van der Waals surface area contributed by atoms with E-state index in [2.05, 4.69) is 15.5 Å². The van der Waals surface area contributed by atoms with Crippen molar-refractivity contribution in [2.24, 2.45) is 0 Å². The topological polar surface area (TPSA) is 79.5 Å². The number of fused-ring (bicyclic) bond motifs is 1. The lowest BCUT2D eigenvalue weighted by Crippen LogP contribution is -2.14. The molecule has 0 aliphatic carbocycles. The first-order valence-corrected chi connectivity index (χ1v) is 8.43. The van der Waals surface area contributed by atoms with E-state index >= 15 is 0 Å². The second-order valence-corrected chi connectivity index (χ2v) is 6.48. The molecule has 1 aromatic carbocycles. The Bertz CT molecular complexity index is 960. The molecule has 0 radical (unpaired) electrons. The van der Waals surface area contributed by atoms with Gasteiger partial charge in [0, 0.05) is 11.9 Å². The number of phenols is 1. The predicted molar refractivity (Wildman–Crippen MR) is 90.5 cm³/mol. The molecule has 2 N–H and O–H groups in total. The Balaban J connectivity index is 1.75. The highest BCUT2D eigenvalue weighted by molar-refractivity contribution is 7.99. The van der Waals surface area contributed by atoms with Crippen LogP contribution in [0.3, 0.4) is 0 Å². The van der Waals surface area contributed by atoms with Crippen LogP contribution in [0.25, 0.3) is 5.65 Å². The number of hydrogen-bond acceptors (Lipinski definition) is 5. The smallest absolute Gasteiger partial charge is 0.417 e. The molecule has 0 atom stereocenters. The summed E-state index contributed by atoms with van der Waals surface area (Å²) in [6.07, 6.45) is -3.73. The van der Waals surface area contributed by atoms with Crippen LogP contribution in [0.5, 0.6) is 5.75 Å². The lowest BCUT2D eigenvalue weighted by Gasteiger charge is -2.09. The van der Waals surface area contributed by atoms with Crippen molar-refractivity contribution in [1.82, 2.24) is 14.6 Å². The maximum atomic E-state index is 12.9. The van der Waals surface area contributed by atoms with Gasteiger partial charge in [-0.2, -0.15) is 13.2 Å². The molecule has 3 aromatic rings. The van der Waals surface area contributed by atoms with Crippen molar-refractivity contribution in [1.29, 1.82) is 0 Å². The number of hydrogen-bond donors (Lipinski definition) is 2. The van der Waals surface area contributed by atoms with Crippen LogP contribution in [0.1, 0.15) is 5.56 Å². The lowest BCUT2D eigenvalue weighted by molar-refractivity contribution is -0.137. The van der Waals surface area contributed by atoms with Crippen molar-refractivity contribution in [3.63, 3.8) is 0 Å². The zero-order valence-electron chi connectivity index (χ0n) is 12.8. The molecule has 2 heterocycles. The molecule has 0 unspecified atom stereocenters. The number of pyridine rings is 1. The number of nitrogens with one attached hydrogen (secondary N) is 1. The number of nitrogens with zero attached hydrogens (tertiary/aromatic N) is 3. The summed E-state index contributed by atoms with van der Waals surface area (Å²) < 4.78 is 39.9. The number of amides is 1. The van der Waals surface area contributed by atoms with E-state index in [1.807, 2.05) is 0 Å². The van der Waals surface area contributed by atoms with Crippen molar-refractivity contribution in [2.45, 2.75) is 11.3 Å². The highest BCUT2D eigenvalue weighted by atomic mass is 35.5. The summed E-state index contributed by atoms with van der Waals surface area (Å²) in [4.78, 5) is 12.0. The van der Waals surface area contributed by atoms with E-state index in [1.54, 1.807) is 0 Å². The fourth-order valence-electron chi connectivity index (χ4n) is 2.06. The number of benzene rings is 1. The largest absolute Gasteiger partial charge is 0.508 e. The van der Waals surface area contributed by atoms with E-state index in [9.17, 15) is 23.1 Å². The number of anilines is 1. The normalized spacial score (nSPS) is 11.7. The van der Waals surface area contributed by atoms with Gasteiger partial charge in [0.1, 0.15) is 5.75 Å². The number of thioether (sulfide) groups is 1. The van der Waals surface area contributed by atoms with Crippen LogP contribution >= 0.6 is 23.4 Å². The Labute approximate surface area is 154 Å². The molecule has 0 spiro atoms. The number of halogens is 4. The van der Waals surface area contributed by atoms with E-state index in [4.69, 9.17) is 11.6 Å². The van der Waals surface area contributed by atoms with Gasteiger partial charge in [-0.25, -0.2) is 0 Å². The highest BCUT2D eigenvalue weighted by Crippen LogP contribution is 2.33. The minimum absolute atomic E-state index is 0.0599. The quantitative estimate of drug-likeness (QED) is 0.512. The van der Waals surface area contributed by atoms with Gasteiger partial charge in [0.25, 0.3) is 0 Å². The minimum atomic E-state index is -4.57. The van der Waals surface area contributed by atoms with E-state index in [-0.39, 0.29) is 27.3 Å². The number of rotatable bonds is 4. The van der Waals surface area contributed by atoms with Gasteiger partial charge in [-0.3, -0.25) is 9.20 Å². The first-order chi connectivity index (χ1) is 12.2. The maximum Gasteiger partial charge on any atom is 0.417 e. The third-order valence-corrected chi connectivity index (χ3v) is 4.46. The summed E-state index contributed by atoms with van der Waals surface area (Å²) in [5.74, 6) is -0.435. The fourth-order valence-corrected chi connectivity index (χ4v) is 3.01. The highest BCUT2D eigenvalue weighted by Gasteiger charge is 2.32. The van der Waals surface area contributed by atoms with Gasteiger partial charge in [0.15, 0.2) is 10.8 Å². The molecule has 0 saturated carbocycles. The molecule has 0 bridgehead atoms. The third-order valence-electron chi connectivity index (χ3n) is 3.24. The van der Waals surface area contributed by atoms with Gasteiger partial charge in [-0.15, -0.1) is 10.2 Å². The van der Waals surface area contributed by atoms with Gasteiger partial charge in [0.05, 0.1) is 16.3 Å². The summed E-state index contributed by atoms with van der Waals surface area (Å²) in [6, 6.07) is 6.63. The Morgan fingerprint density at radius 3 is 2.62 bits per heavy atom. The number of aromatic hydroxyl groups is 1. The molecule has 0 saturated heterocycles. The van der Waals surface area contributed by atoms with Crippen LogP contribution < -0.4 is 5.32 Å². The number of phenolic OH excluding ortho intramolecular Hbond substituents is 1. The third kappa shape index (κ3) is 4.02.